The summed E-state index contributed by atoms with van der Waals surface area (Å²) < 4.78 is 5.30. The fourth-order valence-electron chi connectivity index (χ4n) is 1.98. The molecule has 0 aliphatic carbocycles. The summed E-state index contributed by atoms with van der Waals surface area (Å²) in [5.41, 5.74) is 7.05. The van der Waals surface area contributed by atoms with Gasteiger partial charge in [0.25, 0.3) is 0 Å². The maximum atomic E-state index is 11.8. The fraction of sp³-hybridized carbons (Fsp3) is 0.467. The summed E-state index contributed by atoms with van der Waals surface area (Å²) in [6.45, 7) is 4.28. The smallest absolute Gasteiger partial charge is 0.315 e. The number of benzene rings is 1. The summed E-state index contributed by atoms with van der Waals surface area (Å²) in [4.78, 5) is 22.4. The van der Waals surface area contributed by atoms with Crippen molar-refractivity contribution < 1.29 is 14.3 Å². The van der Waals surface area contributed by atoms with Crippen LogP contribution in [-0.2, 0) is 4.79 Å². The number of urea groups is 1. The molecule has 1 rings (SSSR count). The van der Waals surface area contributed by atoms with Gasteiger partial charge in [-0.3, -0.25) is 4.79 Å². The molecule has 1 aromatic rings. The van der Waals surface area contributed by atoms with E-state index in [9.17, 15) is 9.59 Å². The van der Waals surface area contributed by atoms with E-state index in [0.29, 0.717) is 13.0 Å². The molecule has 1 unspecified atom stereocenters. The Morgan fingerprint density at radius 2 is 2.10 bits per heavy atom. The number of ether oxygens (including phenoxy) is 1. The highest BCUT2D eigenvalue weighted by Crippen LogP contribution is 2.25. The van der Waals surface area contributed by atoms with Crippen LogP contribution in [0.5, 0.6) is 5.75 Å². The lowest BCUT2D eigenvalue weighted by Crippen LogP contribution is -2.37. The Kier molecular flexibility index (Phi) is 6.52. The lowest BCUT2D eigenvalue weighted by atomic mass is 10.0. The van der Waals surface area contributed by atoms with Gasteiger partial charge in [0.1, 0.15) is 5.75 Å². The second-order valence-corrected chi connectivity index (χ2v) is 4.94. The van der Waals surface area contributed by atoms with E-state index in [1.165, 1.54) is 0 Å². The molecule has 4 N–H and O–H groups in total. The van der Waals surface area contributed by atoms with Crippen molar-refractivity contribution in [2.24, 2.45) is 5.73 Å². The first-order chi connectivity index (χ1) is 9.93. The summed E-state index contributed by atoms with van der Waals surface area (Å²) in [5.74, 6) is 0.372. The molecule has 0 spiro atoms. The van der Waals surface area contributed by atoms with Crippen molar-refractivity contribution in [3.05, 3.63) is 29.3 Å². The van der Waals surface area contributed by atoms with Crippen LogP contribution in [0.3, 0.4) is 0 Å². The van der Waals surface area contributed by atoms with E-state index in [1.807, 2.05) is 32.0 Å². The average Bonchev–Trinajstić information content (AvgIpc) is 2.43. The van der Waals surface area contributed by atoms with E-state index in [2.05, 4.69) is 10.6 Å². The van der Waals surface area contributed by atoms with Gasteiger partial charge >= 0.3 is 6.03 Å². The lowest BCUT2D eigenvalue weighted by Gasteiger charge is -2.18. The normalized spacial score (nSPS) is 11.6. The van der Waals surface area contributed by atoms with Crippen molar-refractivity contribution in [2.45, 2.75) is 32.7 Å². The van der Waals surface area contributed by atoms with Crippen LogP contribution in [-0.4, -0.2) is 25.6 Å². The van der Waals surface area contributed by atoms with E-state index < -0.39 is 0 Å². The number of amides is 3. The zero-order valence-electron chi connectivity index (χ0n) is 12.7. The Bertz CT molecular complexity index is 503. The highest BCUT2D eigenvalue weighted by Gasteiger charge is 2.14. The molecule has 1 atom stereocenters. The molecule has 0 aromatic heterocycles. The summed E-state index contributed by atoms with van der Waals surface area (Å²) in [6.07, 6.45) is 0.798. The third-order valence-electron chi connectivity index (χ3n) is 3.08. The monoisotopic (exact) mass is 293 g/mol. The molecule has 0 saturated carbocycles. The maximum absolute atomic E-state index is 11.8. The number of methoxy groups -OCH3 is 1. The molecule has 0 aliphatic rings. The molecule has 3 amide bonds. The number of primary amides is 1. The zero-order valence-corrected chi connectivity index (χ0v) is 12.7. The molecular weight excluding hydrogens is 270 g/mol. The van der Waals surface area contributed by atoms with Crippen LogP contribution in [0.1, 0.15) is 36.9 Å². The Labute approximate surface area is 125 Å². The van der Waals surface area contributed by atoms with E-state index in [4.69, 9.17) is 10.5 Å². The predicted molar refractivity (Wildman–Crippen MR) is 81.1 cm³/mol. The highest BCUT2D eigenvalue weighted by molar-refractivity contribution is 5.75. The molecular formula is C15H23N3O3. The molecule has 6 nitrogen and oxygen atoms in total. The lowest BCUT2D eigenvalue weighted by molar-refractivity contribution is -0.118. The van der Waals surface area contributed by atoms with E-state index in [0.717, 1.165) is 16.9 Å². The second-order valence-electron chi connectivity index (χ2n) is 4.94. The zero-order chi connectivity index (χ0) is 15.8. The topological polar surface area (TPSA) is 93.4 Å². The van der Waals surface area contributed by atoms with Crippen molar-refractivity contribution in [1.29, 1.82) is 0 Å². The number of hydrogen-bond donors (Lipinski definition) is 3. The largest absolute Gasteiger partial charge is 0.496 e. The van der Waals surface area contributed by atoms with E-state index >= 15 is 0 Å². The van der Waals surface area contributed by atoms with Gasteiger partial charge in [-0.25, -0.2) is 4.79 Å². The van der Waals surface area contributed by atoms with E-state index in [1.54, 1.807) is 7.11 Å². The Morgan fingerprint density at radius 3 is 2.71 bits per heavy atom. The van der Waals surface area contributed by atoms with E-state index in [-0.39, 0.29) is 24.4 Å². The van der Waals surface area contributed by atoms with Crippen LogP contribution in [0.15, 0.2) is 18.2 Å². The number of carbonyl (C=O) groups excluding carboxylic acids is 2. The van der Waals surface area contributed by atoms with Crippen molar-refractivity contribution in [3.63, 3.8) is 0 Å². The second kappa shape index (κ2) is 8.14. The van der Waals surface area contributed by atoms with Crippen molar-refractivity contribution in [3.8, 4) is 5.75 Å². The van der Waals surface area contributed by atoms with Gasteiger partial charge in [0.15, 0.2) is 0 Å². The van der Waals surface area contributed by atoms with Gasteiger partial charge in [0.2, 0.25) is 5.91 Å². The number of hydrogen-bond acceptors (Lipinski definition) is 3. The minimum atomic E-state index is -0.366. The molecule has 0 bridgehead atoms. The molecule has 116 valence electrons. The third kappa shape index (κ3) is 5.72. The van der Waals surface area contributed by atoms with Gasteiger partial charge < -0.3 is 21.1 Å². The SMILES string of the molecule is COc1ccc(C)cc1C(C)NC(=O)NCCCC(N)=O. The average molecular weight is 293 g/mol. The first-order valence-corrected chi connectivity index (χ1v) is 6.91. The summed E-state index contributed by atoms with van der Waals surface area (Å²) in [5, 5.41) is 5.53. The molecule has 1 aromatic carbocycles. The van der Waals surface area contributed by atoms with Gasteiger partial charge in [-0.15, -0.1) is 0 Å². The number of carbonyl (C=O) groups is 2. The molecule has 0 fully saturated rings. The standard InChI is InChI=1S/C15H23N3O3/c1-10-6-7-13(21-3)12(9-10)11(2)18-15(20)17-8-4-5-14(16)19/h6-7,9,11H,4-5,8H2,1-3H3,(H2,16,19)(H2,17,18,20). The summed E-state index contributed by atoms with van der Waals surface area (Å²) in [6, 6.07) is 5.36. The Morgan fingerprint density at radius 1 is 1.38 bits per heavy atom. The van der Waals surface area contributed by atoms with Crippen LogP contribution in [0.2, 0.25) is 0 Å². The Hall–Kier alpha value is -2.24. The number of nitrogens with two attached hydrogens (primary N) is 1. The molecule has 21 heavy (non-hydrogen) atoms. The Balaban J connectivity index is 2.52. The van der Waals surface area contributed by atoms with Crippen LogP contribution in [0.4, 0.5) is 4.79 Å². The van der Waals surface area contributed by atoms with Crippen LogP contribution in [0.25, 0.3) is 0 Å². The van der Waals surface area contributed by atoms with Gasteiger partial charge in [-0.1, -0.05) is 17.7 Å². The van der Waals surface area contributed by atoms with Crippen LogP contribution in [0, 0.1) is 6.92 Å². The summed E-state index contributed by atoms with van der Waals surface area (Å²) in [7, 11) is 1.60. The number of rotatable bonds is 7. The first-order valence-electron chi connectivity index (χ1n) is 6.91. The minimum absolute atomic E-state index is 0.184. The molecule has 0 radical (unpaired) electrons. The van der Waals surface area contributed by atoms with Crippen molar-refractivity contribution in [2.75, 3.05) is 13.7 Å². The third-order valence-corrected chi connectivity index (χ3v) is 3.08. The first kappa shape index (κ1) is 16.8. The predicted octanol–water partition coefficient (Wildman–Crippen LogP) is 1.63. The number of aryl methyl sites for hydroxylation is 1. The molecule has 6 heteroatoms. The molecule has 0 saturated heterocycles. The van der Waals surface area contributed by atoms with Gasteiger partial charge in [-0.2, -0.15) is 0 Å². The van der Waals surface area contributed by atoms with Crippen molar-refractivity contribution >= 4 is 11.9 Å². The maximum Gasteiger partial charge on any atom is 0.315 e. The van der Waals surface area contributed by atoms with Crippen LogP contribution >= 0.6 is 0 Å². The minimum Gasteiger partial charge on any atom is -0.496 e. The summed E-state index contributed by atoms with van der Waals surface area (Å²) >= 11 is 0. The number of nitrogens with one attached hydrogen (secondary N) is 2. The molecule has 0 heterocycles. The highest BCUT2D eigenvalue weighted by atomic mass is 16.5. The van der Waals surface area contributed by atoms with Crippen LogP contribution < -0.4 is 21.1 Å². The quantitative estimate of drug-likeness (QED) is 0.667. The van der Waals surface area contributed by atoms with Crippen molar-refractivity contribution in [1.82, 2.24) is 10.6 Å². The van der Waals surface area contributed by atoms with Gasteiger partial charge in [-0.05, 0) is 26.3 Å². The molecule has 0 aliphatic heterocycles. The fourth-order valence-corrected chi connectivity index (χ4v) is 1.98. The van der Waals surface area contributed by atoms with Gasteiger partial charge in [0.05, 0.1) is 13.2 Å². The van der Waals surface area contributed by atoms with Gasteiger partial charge in [0, 0.05) is 18.5 Å².